The molecule has 3 aromatic rings. The lowest BCUT2D eigenvalue weighted by atomic mass is 10.0. The van der Waals surface area contributed by atoms with Crippen molar-refractivity contribution in [2.75, 3.05) is 7.11 Å². The van der Waals surface area contributed by atoms with E-state index in [-0.39, 0.29) is 11.6 Å². The molecule has 0 fully saturated rings. The third-order valence-corrected chi connectivity index (χ3v) is 4.75. The van der Waals surface area contributed by atoms with Gasteiger partial charge in [0.2, 0.25) is 5.90 Å². The zero-order chi connectivity index (χ0) is 18.1. The van der Waals surface area contributed by atoms with Crippen LogP contribution >= 0.6 is 15.9 Å². The van der Waals surface area contributed by atoms with Crippen LogP contribution in [-0.2, 0) is 9.53 Å². The normalized spacial score (nSPS) is 15.2. The van der Waals surface area contributed by atoms with E-state index in [1.165, 1.54) is 0 Å². The summed E-state index contributed by atoms with van der Waals surface area (Å²) >= 11 is 3.43. The van der Waals surface area contributed by atoms with Gasteiger partial charge >= 0.3 is 5.97 Å². The molecule has 0 saturated carbocycles. The molecule has 4 nitrogen and oxygen atoms in total. The van der Waals surface area contributed by atoms with E-state index < -0.39 is 5.97 Å². The van der Waals surface area contributed by atoms with Crippen LogP contribution in [0.1, 0.15) is 11.1 Å². The molecule has 0 N–H and O–H groups in total. The van der Waals surface area contributed by atoms with Gasteiger partial charge in [-0.25, -0.2) is 9.79 Å². The lowest BCUT2D eigenvalue weighted by molar-refractivity contribution is -0.129. The van der Waals surface area contributed by atoms with Crippen molar-refractivity contribution >= 4 is 44.6 Å². The number of rotatable bonds is 3. The van der Waals surface area contributed by atoms with Gasteiger partial charge in [-0.15, -0.1) is 0 Å². The van der Waals surface area contributed by atoms with Crippen LogP contribution in [0.25, 0.3) is 16.8 Å². The smallest absolute Gasteiger partial charge is 0.363 e. The van der Waals surface area contributed by atoms with Crippen LogP contribution in [-0.4, -0.2) is 19.0 Å². The van der Waals surface area contributed by atoms with Gasteiger partial charge in [-0.05, 0) is 56.5 Å². The van der Waals surface area contributed by atoms with E-state index in [0.29, 0.717) is 11.3 Å². The Balaban J connectivity index is 1.74. The number of hydrogen-bond donors (Lipinski definition) is 0. The number of cyclic esters (lactones) is 1. The fraction of sp³-hybridized carbons (Fsp3) is 0.0476. The molecular formula is C21H14BrNO3. The first-order valence-corrected chi connectivity index (χ1v) is 8.79. The molecule has 0 atom stereocenters. The van der Waals surface area contributed by atoms with Gasteiger partial charge in [-0.3, -0.25) is 0 Å². The number of esters is 1. The lowest BCUT2D eigenvalue weighted by Crippen LogP contribution is -2.05. The van der Waals surface area contributed by atoms with Crippen LogP contribution in [0.15, 0.2) is 75.8 Å². The summed E-state index contributed by atoms with van der Waals surface area (Å²) in [6.45, 7) is 0. The summed E-state index contributed by atoms with van der Waals surface area (Å²) < 4.78 is 11.3. The van der Waals surface area contributed by atoms with Crippen LogP contribution < -0.4 is 4.74 Å². The fourth-order valence-corrected chi connectivity index (χ4v) is 3.40. The molecule has 0 bridgehead atoms. The highest BCUT2D eigenvalue weighted by molar-refractivity contribution is 9.10. The van der Waals surface area contributed by atoms with E-state index in [2.05, 4.69) is 20.9 Å². The minimum Gasteiger partial charge on any atom is -0.496 e. The molecule has 0 spiro atoms. The number of hydrogen-bond acceptors (Lipinski definition) is 4. The summed E-state index contributed by atoms with van der Waals surface area (Å²) in [6.07, 6.45) is 1.76. The van der Waals surface area contributed by atoms with Crippen molar-refractivity contribution in [3.8, 4) is 5.75 Å². The van der Waals surface area contributed by atoms with Crippen molar-refractivity contribution in [3.63, 3.8) is 0 Å². The number of halogens is 1. The number of carbonyl (C=O) groups excluding carboxylic acids is 1. The molecule has 5 heteroatoms. The van der Waals surface area contributed by atoms with Crippen molar-refractivity contribution in [3.05, 3.63) is 82.0 Å². The number of methoxy groups -OCH3 is 1. The second-order valence-electron chi connectivity index (χ2n) is 5.75. The number of benzene rings is 3. The highest BCUT2D eigenvalue weighted by Gasteiger charge is 2.24. The summed E-state index contributed by atoms with van der Waals surface area (Å²) in [7, 11) is 1.60. The van der Waals surface area contributed by atoms with Crippen molar-refractivity contribution in [1.29, 1.82) is 0 Å². The standard InChI is InChI=1S/C21H14BrNO3/c1-25-19-10-9-15(11-17(19)22)20-23-18(21(24)26-20)12-14-7-4-6-13-5-2-3-8-16(13)14/h2-12H,1H3. The number of ether oxygens (including phenoxy) is 2. The van der Waals surface area contributed by atoms with Crippen LogP contribution in [0, 0.1) is 0 Å². The second-order valence-corrected chi connectivity index (χ2v) is 6.61. The quantitative estimate of drug-likeness (QED) is 0.455. The van der Waals surface area contributed by atoms with Crippen molar-refractivity contribution in [1.82, 2.24) is 0 Å². The summed E-state index contributed by atoms with van der Waals surface area (Å²) in [6, 6.07) is 19.4. The first kappa shape index (κ1) is 16.5. The van der Waals surface area contributed by atoms with Crippen LogP contribution in [0.3, 0.4) is 0 Å². The van der Waals surface area contributed by atoms with Crippen molar-refractivity contribution < 1.29 is 14.3 Å². The molecule has 1 aliphatic heterocycles. The average molecular weight is 408 g/mol. The summed E-state index contributed by atoms with van der Waals surface area (Å²) in [5.41, 5.74) is 1.91. The van der Waals surface area contributed by atoms with Crippen LogP contribution in [0.4, 0.5) is 0 Å². The zero-order valence-electron chi connectivity index (χ0n) is 13.9. The third-order valence-electron chi connectivity index (χ3n) is 4.13. The predicted octanol–water partition coefficient (Wildman–Crippen LogP) is 4.96. The van der Waals surface area contributed by atoms with Gasteiger partial charge in [0.25, 0.3) is 0 Å². The molecule has 1 aliphatic rings. The van der Waals surface area contributed by atoms with E-state index >= 15 is 0 Å². The molecule has 128 valence electrons. The summed E-state index contributed by atoms with van der Waals surface area (Å²) in [4.78, 5) is 16.6. The van der Waals surface area contributed by atoms with Crippen LogP contribution in [0.2, 0.25) is 0 Å². The Morgan fingerprint density at radius 2 is 1.88 bits per heavy atom. The van der Waals surface area contributed by atoms with Crippen LogP contribution in [0.5, 0.6) is 5.75 Å². The largest absolute Gasteiger partial charge is 0.496 e. The molecule has 0 aromatic heterocycles. The van der Waals surface area contributed by atoms with E-state index in [1.54, 1.807) is 25.3 Å². The SMILES string of the molecule is COc1ccc(C2=NC(=Cc3cccc4ccccc34)C(=O)O2)cc1Br. The van der Waals surface area contributed by atoms with Gasteiger partial charge < -0.3 is 9.47 Å². The van der Waals surface area contributed by atoms with Gasteiger partial charge in [0.05, 0.1) is 11.6 Å². The number of nitrogens with zero attached hydrogens (tertiary/aromatic N) is 1. The van der Waals surface area contributed by atoms with E-state index in [4.69, 9.17) is 9.47 Å². The third kappa shape index (κ3) is 3.02. The Morgan fingerprint density at radius 1 is 1.08 bits per heavy atom. The molecule has 4 rings (SSSR count). The summed E-state index contributed by atoms with van der Waals surface area (Å²) in [5.74, 6) is 0.523. The molecule has 3 aromatic carbocycles. The molecule has 0 unspecified atom stereocenters. The average Bonchev–Trinajstić information content (AvgIpc) is 3.02. The van der Waals surface area contributed by atoms with Crippen molar-refractivity contribution in [2.45, 2.75) is 0 Å². The molecule has 0 saturated heterocycles. The Hall–Kier alpha value is -2.92. The first-order chi connectivity index (χ1) is 12.7. The van der Waals surface area contributed by atoms with Crippen molar-refractivity contribution in [2.24, 2.45) is 4.99 Å². The van der Waals surface area contributed by atoms with E-state index in [0.717, 1.165) is 20.8 Å². The minimum absolute atomic E-state index is 0.281. The van der Waals surface area contributed by atoms with Gasteiger partial charge in [-0.2, -0.15) is 0 Å². The summed E-state index contributed by atoms with van der Waals surface area (Å²) in [5, 5.41) is 2.17. The molecule has 0 amide bonds. The Kier molecular flexibility index (Phi) is 4.31. The van der Waals surface area contributed by atoms with Gasteiger partial charge in [-0.1, -0.05) is 42.5 Å². The maximum atomic E-state index is 12.3. The molecule has 0 radical (unpaired) electrons. The molecular weight excluding hydrogens is 394 g/mol. The number of aliphatic imine (C=N–C) groups is 1. The Bertz CT molecular complexity index is 1080. The van der Waals surface area contributed by atoms with E-state index in [9.17, 15) is 4.79 Å². The van der Waals surface area contributed by atoms with Gasteiger partial charge in [0, 0.05) is 5.56 Å². The fourth-order valence-electron chi connectivity index (χ4n) is 2.86. The first-order valence-electron chi connectivity index (χ1n) is 8.00. The number of carbonyl (C=O) groups is 1. The Morgan fingerprint density at radius 3 is 2.69 bits per heavy atom. The molecule has 0 aliphatic carbocycles. The highest BCUT2D eigenvalue weighted by Crippen LogP contribution is 2.28. The Labute approximate surface area is 158 Å². The molecule has 1 heterocycles. The molecule has 26 heavy (non-hydrogen) atoms. The predicted molar refractivity (Wildman–Crippen MR) is 105 cm³/mol. The second kappa shape index (κ2) is 6.77. The monoisotopic (exact) mass is 407 g/mol. The topological polar surface area (TPSA) is 47.9 Å². The number of fused-ring (bicyclic) bond motifs is 1. The van der Waals surface area contributed by atoms with E-state index in [1.807, 2.05) is 48.5 Å². The maximum Gasteiger partial charge on any atom is 0.363 e. The minimum atomic E-state index is -0.458. The maximum absolute atomic E-state index is 12.3. The highest BCUT2D eigenvalue weighted by atomic mass is 79.9. The zero-order valence-corrected chi connectivity index (χ0v) is 15.5. The van der Waals surface area contributed by atoms with Gasteiger partial charge in [0.15, 0.2) is 5.70 Å². The lowest BCUT2D eigenvalue weighted by Gasteiger charge is -2.05. The van der Waals surface area contributed by atoms with Gasteiger partial charge in [0.1, 0.15) is 5.75 Å².